The Morgan fingerprint density at radius 1 is 1.33 bits per heavy atom. The van der Waals surface area contributed by atoms with Crippen LogP contribution in [0.2, 0.25) is 0 Å². The van der Waals surface area contributed by atoms with E-state index >= 15 is 0 Å². The van der Waals surface area contributed by atoms with Gasteiger partial charge in [-0.1, -0.05) is 0 Å². The normalized spacial score (nSPS) is 25.7. The van der Waals surface area contributed by atoms with Gasteiger partial charge in [-0.05, 0) is 45.6 Å². The number of aryl methyl sites for hydroxylation is 2. The summed E-state index contributed by atoms with van der Waals surface area (Å²) in [4.78, 5) is 6.43. The molecule has 4 heteroatoms. The maximum Gasteiger partial charge on any atom is 0.110 e. The molecule has 0 spiro atoms. The second-order valence-corrected chi connectivity index (χ2v) is 6.49. The van der Waals surface area contributed by atoms with E-state index in [1.54, 1.807) is 0 Å². The molecule has 3 rings (SSSR count). The number of rotatable bonds is 3. The molecule has 1 N–H and O–H groups in total. The van der Waals surface area contributed by atoms with Gasteiger partial charge in [0.15, 0.2) is 0 Å². The van der Waals surface area contributed by atoms with Crippen molar-refractivity contribution < 1.29 is 4.74 Å². The minimum atomic E-state index is 0.390. The van der Waals surface area contributed by atoms with Crippen molar-refractivity contribution in [3.63, 3.8) is 0 Å². The van der Waals surface area contributed by atoms with Crippen LogP contribution < -0.4 is 5.32 Å². The maximum atomic E-state index is 5.63. The Hall–Kier alpha value is -0.450. The maximum absolute atomic E-state index is 5.63. The van der Waals surface area contributed by atoms with Crippen LogP contribution in [0.25, 0.3) is 0 Å². The zero-order valence-corrected chi connectivity index (χ0v) is 11.9. The van der Waals surface area contributed by atoms with E-state index in [9.17, 15) is 0 Å². The topological polar surface area (TPSA) is 34.2 Å². The third-order valence-electron chi connectivity index (χ3n) is 4.11. The monoisotopic (exact) mass is 266 g/mol. The Bertz CT molecular complexity index is 375. The van der Waals surface area contributed by atoms with Crippen molar-refractivity contribution in [2.75, 3.05) is 20.3 Å². The van der Waals surface area contributed by atoms with E-state index in [4.69, 9.17) is 9.72 Å². The summed E-state index contributed by atoms with van der Waals surface area (Å²) in [5, 5.41) is 4.76. The third-order valence-corrected chi connectivity index (χ3v) is 5.35. The summed E-state index contributed by atoms with van der Waals surface area (Å²) in [5.74, 6) is 0.594. The average molecular weight is 266 g/mol. The SMILES string of the molecule is CNC(c1nc2c(s1)CCCC2)C1CCCOC1. The molecular formula is C14H22N2OS. The quantitative estimate of drug-likeness (QED) is 0.913. The van der Waals surface area contributed by atoms with Gasteiger partial charge in [0.2, 0.25) is 0 Å². The summed E-state index contributed by atoms with van der Waals surface area (Å²) in [7, 11) is 2.06. The molecular weight excluding hydrogens is 244 g/mol. The molecule has 2 unspecified atom stereocenters. The predicted molar refractivity (Wildman–Crippen MR) is 74.1 cm³/mol. The summed E-state index contributed by atoms with van der Waals surface area (Å²) < 4.78 is 5.63. The van der Waals surface area contributed by atoms with Gasteiger partial charge < -0.3 is 10.1 Å². The first-order chi connectivity index (χ1) is 8.88. The highest BCUT2D eigenvalue weighted by Gasteiger charge is 2.28. The number of aromatic nitrogens is 1. The van der Waals surface area contributed by atoms with Crippen LogP contribution in [-0.4, -0.2) is 25.2 Å². The van der Waals surface area contributed by atoms with Crippen molar-refractivity contribution in [3.05, 3.63) is 15.6 Å². The predicted octanol–water partition coefficient (Wildman–Crippen LogP) is 2.71. The molecule has 1 fully saturated rings. The molecule has 100 valence electrons. The van der Waals surface area contributed by atoms with Gasteiger partial charge in [0.05, 0.1) is 18.3 Å². The second-order valence-electron chi connectivity index (χ2n) is 5.37. The Labute approximate surface area is 113 Å². The molecule has 18 heavy (non-hydrogen) atoms. The first-order valence-electron chi connectivity index (χ1n) is 7.12. The molecule has 0 bridgehead atoms. The Kier molecular flexibility index (Phi) is 3.97. The van der Waals surface area contributed by atoms with E-state index in [0.29, 0.717) is 12.0 Å². The minimum absolute atomic E-state index is 0.390. The van der Waals surface area contributed by atoms with Crippen molar-refractivity contribution >= 4 is 11.3 Å². The van der Waals surface area contributed by atoms with Gasteiger partial charge in [-0.25, -0.2) is 4.98 Å². The largest absolute Gasteiger partial charge is 0.381 e. The number of hydrogen-bond donors (Lipinski definition) is 1. The second kappa shape index (κ2) is 5.68. The van der Waals surface area contributed by atoms with Crippen LogP contribution in [0.5, 0.6) is 0 Å². The van der Waals surface area contributed by atoms with E-state index in [0.717, 1.165) is 13.2 Å². The molecule has 1 aliphatic carbocycles. The van der Waals surface area contributed by atoms with Crippen molar-refractivity contribution in [2.24, 2.45) is 5.92 Å². The summed E-state index contributed by atoms with van der Waals surface area (Å²) >= 11 is 1.93. The molecule has 1 aromatic heterocycles. The highest BCUT2D eigenvalue weighted by Crippen LogP contribution is 2.34. The lowest BCUT2D eigenvalue weighted by Crippen LogP contribution is -2.31. The molecule has 0 radical (unpaired) electrons. The molecule has 2 atom stereocenters. The van der Waals surface area contributed by atoms with Crippen molar-refractivity contribution in [2.45, 2.75) is 44.6 Å². The number of fused-ring (bicyclic) bond motifs is 1. The molecule has 1 aromatic rings. The molecule has 1 aliphatic heterocycles. The van der Waals surface area contributed by atoms with Crippen LogP contribution in [0.4, 0.5) is 0 Å². The lowest BCUT2D eigenvalue weighted by atomic mass is 9.94. The van der Waals surface area contributed by atoms with E-state index in [1.165, 1.54) is 54.1 Å². The number of ether oxygens (including phenoxy) is 1. The number of hydrogen-bond acceptors (Lipinski definition) is 4. The number of nitrogens with zero attached hydrogens (tertiary/aromatic N) is 1. The Balaban J connectivity index is 1.79. The summed E-state index contributed by atoms with van der Waals surface area (Å²) in [5.41, 5.74) is 1.37. The zero-order valence-electron chi connectivity index (χ0n) is 11.1. The fourth-order valence-electron chi connectivity index (χ4n) is 3.09. The van der Waals surface area contributed by atoms with E-state index < -0.39 is 0 Å². The van der Waals surface area contributed by atoms with Crippen LogP contribution >= 0.6 is 11.3 Å². The lowest BCUT2D eigenvalue weighted by Gasteiger charge is -2.28. The fourth-order valence-corrected chi connectivity index (χ4v) is 4.45. The van der Waals surface area contributed by atoms with Crippen LogP contribution in [-0.2, 0) is 17.6 Å². The van der Waals surface area contributed by atoms with Gasteiger partial charge in [0, 0.05) is 17.4 Å². The van der Waals surface area contributed by atoms with Crippen molar-refractivity contribution in [1.82, 2.24) is 10.3 Å². The van der Waals surface area contributed by atoms with Crippen molar-refractivity contribution in [1.29, 1.82) is 0 Å². The minimum Gasteiger partial charge on any atom is -0.381 e. The summed E-state index contributed by atoms with van der Waals surface area (Å²) in [6.07, 6.45) is 7.52. The fraction of sp³-hybridized carbons (Fsp3) is 0.786. The third kappa shape index (κ3) is 2.46. The summed E-state index contributed by atoms with van der Waals surface area (Å²) in [6, 6.07) is 0.390. The molecule has 1 saturated heterocycles. The highest BCUT2D eigenvalue weighted by molar-refractivity contribution is 7.11. The summed E-state index contributed by atoms with van der Waals surface area (Å²) in [6.45, 7) is 1.82. The van der Waals surface area contributed by atoms with Gasteiger partial charge in [-0.2, -0.15) is 0 Å². The van der Waals surface area contributed by atoms with Gasteiger partial charge in [-0.15, -0.1) is 11.3 Å². The first-order valence-corrected chi connectivity index (χ1v) is 7.93. The highest BCUT2D eigenvalue weighted by atomic mass is 32.1. The number of nitrogens with one attached hydrogen (secondary N) is 1. The molecule has 0 amide bonds. The van der Waals surface area contributed by atoms with Gasteiger partial charge >= 0.3 is 0 Å². The smallest absolute Gasteiger partial charge is 0.110 e. The van der Waals surface area contributed by atoms with Gasteiger partial charge in [0.25, 0.3) is 0 Å². The van der Waals surface area contributed by atoms with E-state index in [2.05, 4.69) is 12.4 Å². The lowest BCUT2D eigenvalue weighted by molar-refractivity contribution is 0.0401. The molecule has 2 heterocycles. The van der Waals surface area contributed by atoms with Gasteiger partial charge in [0.1, 0.15) is 5.01 Å². The Morgan fingerprint density at radius 3 is 2.94 bits per heavy atom. The average Bonchev–Trinajstić information content (AvgIpc) is 2.84. The molecule has 0 saturated carbocycles. The van der Waals surface area contributed by atoms with Crippen LogP contribution in [0.15, 0.2) is 0 Å². The standard InChI is InChI=1S/C14H22N2OS/c1-15-13(10-5-4-8-17-9-10)14-16-11-6-2-3-7-12(11)18-14/h10,13,15H,2-9H2,1H3. The van der Waals surface area contributed by atoms with Crippen LogP contribution in [0.1, 0.15) is 47.3 Å². The zero-order chi connectivity index (χ0) is 12.4. The van der Waals surface area contributed by atoms with Crippen LogP contribution in [0, 0.1) is 5.92 Å². The van der Waals surface area contributed by atoms with Crippen molar-refractivity contribution in [3.8, 4) is 0 Å². The first kappa shape index (κ1) is 12.6. The van der Waals surface area contributed by atoms with Crippen LogP contribution in [0.3, 0.4) is 0 Å². The van der Waals surface area contributed by atoms with E-state index in [-0.39, 0.29) is 0 Å². The number of thiazole rings is 1. The van der Waals surface area contributed by atoms with E-state index in [1.807, 2.05) is 11.3 Å². The Morgan fingerprint density at radius 2 is 2.22 bits per heavy atom. The molecule has 3 nitrogen and oxygen atoms in total. The van der Waals surface area contributed by atoms with Gasteiger partial charge in [-0.3, -0.25) is 0 Å². The molecule has 2 aliphatic rings. The molecule has 0 aromatic carbocycles.